The quantitative estimate of drug-likeness (QED) is 0.436. The van der Waals surface area contributed by atoms with E-state index in [2.05, 4.69) is 41.6 Å². The first-order chi connectivity index (χ1) is 15.3. The Morgan fingerprint density at radius 3 is 2.66 bits per heavy atom. The van der Waals surface area contributed by atoms with Crippen LogP contribution in [0.15, 0.2) is 30.5 Å². The highest BCUT2D eigenvalue weighted by Gasteiger charge is 2.36. The molecule has 7 heteroatoms. The number of fused-ring (bicyclic) bond motifs is 1. The molecule has 0 saturated carbocycles. The standard InChI is InChI=1S/C25H32N4O3/c1-15-10-17-11-18(23(30)29-32)14-25(2,3)21(17)13-20(15)16-4-9-27-22(12-16)24(31)28-19-5-7-26-8-6-19/h4,9-10,12-13,18-19,26,32H,5-8,11,14H2,1-3H3,(H,28,31)(H,29,30). The monoisotopic (exact) mass is 436 g/mol. The van der Waals surface area contributed by atoms with Gasteiger partial charge in [0.15, 0.2) is 0 Å². The van der Waals surface area contributed by atoms with Crippen LogP contribution in [0.2, 0.25) is 0 Å². The maximum absolute atomic E-state index is 12.8. The minimum absolute atomic E-state index is 0.132. The summed E-state index contributed by atoms with van der Waals surface area (Å²) in [5.74, 6) is -0.712. The lowest BCUT2D eigenvalue weighted by Gasteiger charge is -2.37. The second kappa shape index (κ2) is 9.00. The molecule has 32 heavy (non-hydrogen) atoms. The summed E-state index contributed by atoms with van der Waals surface area (Å²) in [6, 6.07) is 8.32. The van der Waals surface area contributed by atoms with E-state index >= 15 is 0 Å². The summed E-state index contributed by atoms with van der Waals surface area (Å²) in [7, 11) is 0. The Balaban J connectivity index is 1.63. The number of benzene rings is 1. The fraction of sp³-hybridized carbons (Fsp3) is 0.480. The average Bonchev–Trinajstić information content (AvgIpc) is 2.78. The summed E-state index contributed by atoms with van der Waals surface area (Å²) in [5, 5.41) is 15.5. The van der Waals surface area contributed by atoms with Gasteiger partial charge in [-0.3, -0.25) is 19.8 Å². The molecule has 4 N–H and O–H groups in total. The normalized spacial score (nSPS) is 20.3. The van der Waals surface area contributed by atoms with Gasteiger partial charge < -0.3 is 10.6 Å². The van der Waals surface area contributed by atoms with Gasteiger partial charge in [-0.1, -0.05) is 26.0 Å². The van der Waals surface area contributed by atoms with Gasteiger partial charge >= 0.3 is 0 Å². The van der Waals surface area contributed by atoms with E-state index in [9.17, 15) is 9.59 Å². The fourth-order valence-electron chi connectivity index (χ4n) is 5.17. The number of hydrogen-bond donors (Lipinski definition) is 4. The highest BCUT2D eigenvalue weighted by atomic mass is 16.5. The fourth-order valence-corrected chi connectivity index (χ4v) is 5.17. The van der Waals surface area contributed by atoms with Gasteiger partial charge in [0.25, 0.3) is 5.91 Å². The molecule has 2 aliphatic rings. The van der Waals surface area contributed by atoms with Crippen LogP contribution in [0.3, 0.4) is 0 Å². The molecule has 1 atom stereocenters. The predicted molar refractivity (Wildman–Crippen MR) is 123 cm³/mol. The molecule has 2 amide bonds. The van der Waals surface area contributed by atoms with E-state index in [0.29, 0.717) is 18.5 Å². The van der Waals surface area contributed by atoms with E-state index in [1.807, 2.05) is 24.5 Å². The van der Waals surface area contributed by atoms with Crippen molar-refractivity contribution in [3.8, 4) is 11.1 Å². The number of hydroxylamine groups is 1. The molecule has 1 saturated heterocycles. The highest BCUT2D eigenvalue weighted by Crippen LogP contribution is 2.42. The molecule has 1 fully saturated rings. The number of nitrogens with one attached hydrogen (secondary N) is 3. The predicted octanol–water partition coefficient (Wildman–Crippen LogP) is 2.88. The van der Waals surface area contributed by atoms with Gasteiger partial charge in [-0.25, -0.2) is 5.48 Å². The van der Waals surface area contributed by atoms with Crippen molar-refractivity contribution in [3.63, 3.8) is 0 Å². The minimum atomic E-state index is -0.330. The van der Waals surface area contributed by atoms with Crippen molar-refractivity contribution in [2.24, 2.45) is 5.92 Å². The minimum Gasteiger partial charge on any atom is -0.348 e. The lowest BCUT2D eigenvalue weighted by atomic mass is 9.67. The Bertz CT molecular complexity index is 1030. The Labute approximate surface area is 189 Å². The summed E-state index contributed by atoms with van der Waals surface area (Å²) < 4.78 is 0. The molecule has 0 radical (unpaired) electrons. The van der Waals surface area contributed by atoms with Crippen molar-refractivity contribution in [2.45, 2.75) is 57.9 Å². The second-order valence-electron chi connectivity index (χ2n) is 9.72. The van der Waals surface area contributed by atoms with E-state index in [0.717, 1.165) is 48.2 Å². The third kappa shape index (κ3) is 4.54. The van der Waals surface area contributed by atoms with Gasteiger partial charge in [0.1, 0.15) is 5.69 Å². The van der Waals surface area contributed by atoms with Crippen molar-refractivity contribution >= 4 is 11.8 Å². The lowest BCUT2D eigenvalue weighted by Crippen LogP contribution is -2.42. The lowest BCUT2D eigenvalue weighted by molar-refractivity contribution is -0.134. The number of hydrogen-bond acceptors (Lipinski definition) is 5. The van der Waals surface area contributed by atoms with Crippen molar-refractivity contribution in [1.82, 2.24) is 21.1 Å². The smallest absolute Gasteiger partial charge is 0.270 e. The summed E-state index contributed by atoms with van der Waals surface area (Å²) in [6.45, 7) is 8.15. The number of amides is 2. The van der Waals surface area contributed by atoms with E-state index in [4.69, 9.17) is 5.21 Å². The molecule has 7 nitrogen and oxygen atoms in total. The summed E-state index contributed by atoms with van der Waals surface area (Å²) >= 11 is 0. The second-order valence-corrected chi connectivity index (χ2v) is 9.72. The molecule has 2 heterocycles. The van der Waals surface area contributed by atoms with Crippen LogP contribution in [0, 0.1) is 12.8 Å². The number of carbonyl (C=O) groups excluding carboxylic acids is 2. The molecule has 1 aromatic carbocycles. The molecule has 0 bridgehead atoms. The van der Waals surface area contributed by atoms with Gasteiger partial charge in [-0.05, 0) is 91.1 Å². The Morgan fingerprint density at radius 2 is 1.94 bits per heavy atom. The first kappa shape index (κ1) is 22.4. The van der Waals surface area contributed by atoms with E-state index in [1.165, 1.54) is 5.56 Å². The number of piperidine rings is 1. The summed E-state index contributed by atoms with van der Waals surface area (Å²) in [5.41, 5.74) is 7.48. The van der Waals surface area contributed by atoms with Crippen LogP contribution in [0.1, 0.15) is 60.3 Å². The van der Waals surface area contributed by atoms with Gasteiger partial charge in [-0.2, -0.15) is 0 Å². The first-order valence-corrected chi connectivity index (χ1v) is 11.3. The van der Waals surface area contributed by atoms with Crippen LogP contribution in [-0.4, -0.2) is 41.1 Å². The Kier molecular flexibility index (Phi) is 6.31. The maximum atomic E-state index is 12.8. The molecule has 1 aliphatic heterocycles. The molecule has 170 valence electrons. The van der Waals surface area contributed by atoms with Crippen LogP contribution < -0.4 is 16.1 Å². The van der Waals surface area contributed by atoms with Crippen molar-refractivity contribution in [1.29, 1.82) is 0 Å². The summed E-state index contributed by atoms with van der Waals surface area (Å²) in [6.07, 6.45) is 4.82. The van der Waals surface area contributed by atoms with E-state index in [-0.39, 0.29) is 29.2 Å². The SMILES string of the molecule is Cc1cc2c(cc1-c1ccnc(C(=O)NC3CCNCC3)c1)C(C)(C)CC(C(=O)NO)C2. The first-order valence-electron chi connectivity index (χ1n) is 11.3. The van der Waals surface area contributed by atoms with Gasteiger partial charge in [0, 0.05) is 18.2 Å². The molecular weight excluding hydrogens is 404 g/mol. The topological polar surface area (TPSA) is 103 Å². The summed E-state index contributed by atoms with van der Waals surface area (Å²) in [4.78, 5) is 29.2. The van der Waals surface area contributed by atoms with Crippen LogP contribution in [0.25, 0.3) is 11.1 Å². The molecule has 0 spiro atoms. The van der Waals surface area contributed by atoms with Crippen LogP contribution in [0.4, 0.5) is 0 Å². The number of carbonyl (C=O) groups is 2. The van der Waals surface area contributed by atoms with Crippen molar-refractivity contribution < 1.29 is 14.8 Å². The third-order valence-electron chi connectivity index (χ3n) is 6.86. The zero-order chi connectivity index (χ0) is 22.9. The van der Waals surface area contributed by atoms with Crippen molar-refractivity contribution in [3.05, 3.63) is 52.8 Å². The number of rotatable bonds is 4. The van der Waals surface area contributed by atoms with Crippen LogP contribution >= 0.6 is 0 Å². The van der Waals surface area contributed by atoms with Gasteiger partial charge in [0.05, 0.1) is 0 Å². The van der Waals surface area contributed by atoms with Crippen LogP contribution in [-0.2, 0) is 16.6 Å². The van der Waals surface area contributed by atoms with Gasteiger partial charge in [0.2, 0.25) is 5.91 Å². The van der Waals surface area contributed by atoms with Gasteiger partial charge in [-0.15, -0.1) is 0 Å². The van der Waals surface area contributed by atoms with E-state index in [1.54, 1.807) is 6.20 Å². The molecule has 1 aromatic heterocycles. The molecule has 1 aliphatic carbocycles. The zero-order valence-electron chi connectivity index (χ0n) is 19.0. The number of nitrogens with zero attached hydrogens (tertiary/aromatic N) is 1. The number of aromatic nitrogens is 1. The number of aryl methyl sites for hydroxylation is 1. The van der Waals surface area contributed by atoms with Crippen molar-refractivity contribution in [2.75, 3.05) is 13.1 Å². The average molecular weight is 437 g/mol. The largest absolute Gasteiger partial charge is 0.348 e. The molecule has 2 aromatic rings. The maximum Gasteiger partial charge on any atom is 0.270 e. The molecular formula is C25H32N4O3. The van der Waals surface area contributed by atoms with E-state index < -0.39 is 0 Å². The highest BCUT2D eigenvalue weighted by molar-refractivity contribution is 5.93. The zero-order valence-corrected chi connectivity index (χ0v) is 19.0. The number of pyridine rings is 1. The Hall–Kier alpha value is -2.77. The molecule has 4 rings (SSSR count). The molecule has 1 unspecified atom stereocenters. The Morgan fingerprint density at radius 1 is 1.19 bits per heavy atom. The third-order valence-corrected chi connectivity index (χ3v) is 6.86. The van der Waals surface area contributed by atoms with Crippen LogP contribution in [0.5, 0.6) is 0 Å².